The van der Waals surface area contributed by atoms with Crippen molar-refractivity contribution in [2.24, 2.45) is 0 Å². The summed E-state index contributed by atoms with van der Waals surface area (Å²) in [7, 11) is 1.66. The predicted octanol–water partition coefficient (Wildman–Crippen LogP) is 1.37. The number of aromatic amines is 1. The van der Waals surface area contributed by atoms with Crippen molar-refractivity contribution in [1.82, 2.24) is 4.98 Å². The maximum atomic E-state index is 4.77. The highest BCUT2D eigenvalue weighted by atomic mass is 16.5. The van der Waals surface area contributed by atoms with Crippen molar-refractivity contribution in [3.63, 3.8) is 0 Å². The normalized spacial score (nSPS) is 9.89. The summed E-state index contributed by atoms with van der Waals surface area (Å²) in [5.74, 6) is 0. The van der Waals surface area contributed by atoms with E-state index in [4.69, 9.17) is 4.74 Å². The van der Waals surface area contributed by atoms with Gasteiger partial charge in [0.25, 0.3) is 0 Å². The van der Waals surface area contributed by atoms with Crippen LogP contribution in [0, 0.1) is 6.61 Å². The molecule has 0 saturated carbocycles. The van der Waals surface area contributed by atoms with Gasteiger partial charge in [-0.2, -0.15) is 0 Å². The largest absolute Gasteiger partial charge is 0.378 e. The molecule has 1 aromatic heterocycles. The number of methoxy groups -OCH3 is 1. The molecule has 0 fully saturated rings. The van der Waals surface area contributed by atoms with Crippen LogP contribution in [-0.4, -0.2) is 12.1 Å². The maximum absolute atomic E-state index is 4.77. The number of hydrogen-bond donors (Lipinski definition) is 1. The SMILES string of the molecule is CO[CH]Cc1ccc[nH]1. The van der Waals surface area contributed by atoms with Crippen molar-refractivity contribution < 1.29 is 4.74 Å². The van der Waals surface area contributed by atoms with E-state index < -0.39 is 0 Å². The van der Waals surface area contributed by atoms with Gasteiger partial charge in [0.2, 0.25) is 0 Å². The minimum atomic E-state index is 0.851. The van der Waals surface area contributed by atoms with E-state index in [-0.39, 0.29) is 0 Å². The molecule has 1 radical (unpaired) electrons. The fraction of sp³-hybridized carbons (Fsp3) is 0.286. The first-order valence-corrected chi connectivity index (χ1v) is 2.90. The second kappa shape index (κ2) is 3.30. The van der Waals surface area contributed by atoms with Gasteiger partial charge in [-0.25, -0.2) is 0 Å². The summed E-state index contributed by atoms with van der Waals surface area (Å²) in [6.07, 6.45) is 2.75. The van der Waals surface area contributed by atoms with Crippen LogP contribution >= 0.6 is 0 Å². The molecular formula is C7H10NO. The Kier molecular flexibility index (Phi) is 2.33. The van der Waals surface area contributed by atoms with Crippen LogP contribution in [0.5, 0.6) is 0 Å². The monoisotopic (exact) mass is 124 g/mol. The molecule has 0 saturated heterocycles. The Morgan fingerprint density at radius 3 is 3.22 bits per heavy atom. The Labute approximate surface area is 54.8 Å². The van der Waals surface area contributed by atoms with E-state index in [2.05, 4.69) is 4.98 Å². The quantitative estimate of drug-likeness (QED) is 0.646. The molecule has 0 aliphatic heterocycles. The Hall–Kier alpha value is -0.760. The van der Waals surface area contributed by atoms with Gasteiger partial charge >= 0.3 is 0 Å². The van der Waals surface area contributed by atoms with E-state index in [9.17, 15) is 0 Å². The molecule has 2 heteroatoms. The van der Waals surface area contributed by atoms with E-state index in [0.29, 0.717) is 0 Å². The van der Waals surface area contributed by atoms with Crippen molar-refractivity contribution >= 4 is 0 Å². The standard InChI is InChI=1S/C7H10NO/c1-9-6-4-7-3-2-5-8-7/h2-3,5-6,8H,4H2,1H3. The second-order valence-electron chi connectivity index (χ2n) is 1.80. The van der Waals surface area contributed by atoms with Crippen LogP contribution in [0.3, 0.4) is 0 Å². The van der Waals surface area contributed by atoms with Crippen molar-refractivity contribution in [2.45, 2.75) is 6.42 Å². The van der Waals surface area contributed by atoms with Crippen LogP contribution in [0.15, 0.2) is 18.3 Å². The zero-order chi connectivity index (χ0) is 6.53. The fourth-order valence-corrected chi connectivity index (χ4v) is 0.668. The molecular weight excluding hydrogens is 114 g/mol. The molecule has 1 heterocycles. The average molecular weight is 124 g/mol. The second-order valence-corrected chi connectivity index (χ2v) is 1.80. The molecule has 2 nitrogen and oxygen atoms in total. The van der Waals surface area contributed by atoms with E-state index in [0.717, 1.165) is 6.42 Å². The van der Waals surface area contributed by atoms with Gasteiger partial charge in [-0.15, -0.1) is 0 Å². The van der Waals surface area contributed by atoms with Crippen LogP contribution < -0.4 is 0 Å². The third kappa shape index (κ3) is 1.90. The molecule has 1 N–H and O–H groups in total. The average Bonchev–Trinajstić information content (AvgIpc) is 2.34. The smallest absolute Gasteiger partial charge is 0.0891 e. The van der Waals surface area contributed by atoms with Crippen molar-refractivity contribution in [3.05, 3.63) is 30.6 Å². The van der Waals surface area contributed by atoms with E-state index in [1.807, 2.05) is 18.3 Å². The zero-order valence-corrected chi connectivity index (χ0v) is 5.42. The lowest BCUT2D eigenvalue weighted by Gasteiger charge is -1.92. The molecule has 1 aromatic rings. The minimum absolute atomic E-state index is 0.851. The van der Waals surface area contributed by atoms with Gasteiger partial charge in [0, 0.05) is 25.4 Å². The summed E-state index contributed by atoms with van der Waals surface area (Å²) in [5, 5.41) is 0. The van der Waals surface area contributed by atoms with Crippen LogP contribution in [0.4, 0.5) is 0 Å². The Bertz CT molecular complexity index is 146. The molecule has 9 heavy (non-hydrogen) atoms. The van der Waals surface area contributed by atoms with Gasteiger partial charge in [0.05, 0.1) is 6.61 Å². The molecule has 0 spiro atoms. The van der Waals surface area contributed by atoms with Crippen molar-refractivity contribution in [2.75, 3.05) is 7.11 Å². The van der Waals surface area contributed by atoms with E-state index in [1.165, 1.54) is 5.69 Å². The maximum Gasteiger partial charge on any atom is 0.0891 e. The fourth-order valence-electron chi connectivity index (χ4n) is 0.668. The lowest BCUT2D eigenvalue weighted by Crippen LogP contribution is -1.86. The lowest BCUT2D eigenvalue weighted by molar-refractivity contribution is 0.271. The Morgan fingerprint density at radius 1 is 1.78 bits per heavy atom. The van der Waals surface area contributed by atoms with Gasteiger partial charge in [-0.3, -0.25) is 0 Å². The minimum Gasteiger partial charge on any atom is -0.378 e. The van der Waals surface area contributed by atoms with Crippen LogP contribution in [0.1, 0.15) is 5.69 Å². The first kappa shape index (κ1) is 6.36. The van der Waals surface area contributed by atoms with Crippen molar-refractivity contribution in [1.29, 1.82) is 0 Å². The molecule has 0 unspecified atom stereocenters. The molecule has 0 aliphatic rings. The molecule has 0 atom stereocenters. The summed E-state index contributed by atoms with van der Waals surface area (Å²) in [4.78, 5) is 3.06. The number of hydrogen-bond acceptors (Lipinski definition) is 1. The van der Waals surface area contributed by atoms with E-state index in [1.54, 1.807) is 13.7 Å². The third-order valence-corrected chi connectivity index (χ3v) is 1.13. The third-order valence-electron chi connectivity index (χ3n) is 1.13. The molecule has 1 rings (SSSR count). The predicted molar refractivity (Wildman–Crippen MR) is 35.8 cm³/mol. The number of ether oxygens (including phenoxy) is 1. The summed E-state index contributed by atoms with van der Waals surface area (Å²) < 4.78 is 4.77. The van der Waals surface area contributed by atoms with Gasteiger partial charge in [-0.05, 0) is 12.1 Å². The van der Waals surface area contributed by atoms with Crippen LogP contribution in [0.2, 0.25) is 0 Å². The number of aromatic nitrogens is 1. The molecule has 0 aliphatic carbocycles. The van der Waals surface area contributed by atoms with Gasteiger partial charge in [0.15, 0.2) is 0 Å². The van der Waals surface area contributed by atoms with Gasteiger partial charge < -0.3 is 9.72 Å². The lowest BCUT2D eigenvalue weighted by atomic mass is 10.3. The Balaban J connectivity index is 2.30. The summed E-state index contributed by atoms with van der Waals surface area (Å²) in [6, 6.07) is 3.99. The molecule has 0 aromatic carbocycles. The highest BCUT2D eigenvalue weighted by Gasteiger charge is 1.89. The topological polar surface area (TPSA) is 25.0 Å². The van der Waals surface area contributed by atoms with Gasteiger partial charge in [0.1, 0.15) is 0 Å². The number of H-pyrrole nitrogens is 1. The zero-order valence-electron chi connectivity index (χ0n) is 5.42. The molecule has 0 bridgehead atoms. The number of rotatable bonds is 3. The van der Waals surface area contributed by atoms with Gasteiger partial charge in [-0.1, -0.05) is 0 Å². The summed E-state index contributed by atoms with van der Waals surface area (Å²) in [6.45, 7) is 1.76. The first-order chi connectivity index (χ1) is 4.43. The Morgan fingerprint density at radius 2 is 2.67 bits per heavy atom. The summed E-state index contributed by atoms with van der Waals surface area (Å²) in [5.41, 5.74) is 1.18. The van der Waals surface area contributed by atoms with Crippen LogP contribution in [-0.2, 0) is 11.2 Å². The van der Waals surface area contributed by atoms with E-state index >= 15 is 0 Å². The van der Waals surface area contributed by atoms with Crippen molar-refractivity contribution in [3.8, 4) is 0 Å². The van der Waals surface area contributed by atoms with Crippen LogP contribution in [0.25, 0.3) is 0 Å². The highest BCUT2D eigenvalue weighted by molar-refractivity contribution is 5.04. The highest BCUT2D eigenvalue weighted by Crippen LogP contribution is 1.97. The number of nitrogens with one attached hydrogen (secondary N) is 1. The summed E-state index contributed by atoms with van der Waals surface area (Å²) >= 11 is 0. The first-order valence-electron chi connectivity index (χ1n) is 2.90. The molecule has 49 valence electrons. The molecule has 0 amide bonds.